The standard InChI is InChI=1S/C13H10ClFN2S/c1-8-4-12-11(5-10(8)15)16-13(6-14)17(12)9-2-3-18-7-9/h2-5,7H,6H2,1H3. The Hall–Kier alpha value is -1.39. The van der Waals surface area contributed by atoms with Crippen LogP contribution in [0.3, 0.4) is 0 Å². The molecule has 0 saturated carbocycles. The van der Waals surface area contributed by atoms with E-state index in [1.807, 2.05) is 27.5 Å². The average molecular weight is 281 g/mol. The smallest absolute Gasteiger partial charge is 0.129 e. The van der Waals surface area contributed by atoms with Gasteiger partial charge < -0.3 is 0 Å². The number of hydrogen-bond acceptors (Lipinski definition) is 2. The molecule has 0 aliphatic heterocycles. The van der Waals surface area contributed by atoms with E-state index in [1.165, 1.54) is 6.07 Å². The first-order valence-corrected chi connectivity index (χ1v) is 6.94. The highest BCUT2D eigenvalue weighted by molar-refractivity contribution is 7.08. The first kappa shape index (κ1) is 11.7. The van der Waals surface area contributed by atoms with Crippen LogP contribution in [0.4, 0.5) is 4.39 Å². The molecule has 0 N–H and O–H groups in total. The molecule has 1 aromatic carbocycles. The minimum absolute atomic E-state index is 0.237. The number of hydrogen-bond donors (Lipinski definition) is 0. The van der Waals surface area contributed by atoms with E-state index in [2.05, 4.69) is 4.98 Å². The number of aryl methyl sites for hydroxylation is 1. The third-order valence-electron chi connectivity index (χ3n) is 2.89. The molecular formula is C13H10ClFN2S. The van der Waals surface area contributed by atoms with Crippen molar-refractivity contribution in [2.75, 3.05) is 0 Å². The highest BCUT2D eigenvalue weighted by Crippen LogP contribution is 2.26. The number of thiophene rings is 1. The predicted molar refractivity (Wildman–Crippen MR) is 73.2 cm³/mol. The van der Waals surface area contributed by atoms with Crippen LogP contribution in [-0.4, -0.2) is 9.55 Å². The maximum Gasteiger partial charge on any atom is 0.129 e. The number of alkyl halides is 1. The second-order valence-corrected chi connectivity index (χ2v) is 5.12. The Morgan fingerprint density at radius 1 is 1.44 bits per heavy atom. The molecule has 18 heavy (non-hydrogen) atoms. The Kier molecular flexibility index (Phi) is 2.84. The highest BCUT2D eigenvalue weighted by atomic mass is 35.5. The van der Waals surface area contributed by atoms with Gasteiger partial charge in [0.05, 0.1) is 22.6 Å². The van der Waals surface area contributed by atoms with Gasteiger partial charge in [-0.15, -0.1) is 11.6 Å². The van der Waals surface area contributed by atoms with E-state index in [4.69, 9.17) is 11.6 Å². The van der Waals surface area contributed by atoms with Crippen LogP contribution in [-0.2, 0) is 5.88 Å². The SMILES string of the molecule is Cc1cc2c(cc1F)nc(CCl)n2-c1ccsc1. The number of halogens is 2. The largest absolute Gasteiger partial charge is 0.294 e. The molecule has 5 heteroatoms. The summed E-state index contributed by atoms with van der Waals surface area (Å²) >= 11 is 7.53. The Balaban J connectivity index is 2.37. The Bertz CT molecular complexity index is 703. The van der Waals surface area contributed by atoms with Gasteiger partial charge >= 0.3 is 0 Å². The van der Waals surface area contributed by atoms with Crippen molar-refractivity contribution in [2.45, 2.75) is 12.8 Å². The monoisotopic (exact) mass is 280 g/mol. The zero-order chi connectivity index (χ0) is 12.7. The van der Waals surface area contributed by atoms with Gasteiger partial charge in [0.25, 0.3) is 0 Å². The molecule has 2 aromatic heterocycles. The van der Waals surface area contributed by atoms with E-state index in [9.17, 15) is 4.39 Å². The molecule has 0 fully saturated rings. The molecule has 0 bridgehead atoms. The minimum atomic E-state index is -0.237. The van der Waals surface area contributed by atoms with Crippen LogP contribution < -0.4 is 0 Å². The van der Waals surface area contributed by atoms with Crippen molar-refractivity contribution in [1.82, 2.24) is 9.55 Å². The van der Waals surface area contributed by atoms with Crippen LogP contribution in [0.5, 0.6) is 0 Å². The van der Waals surface area contributed by atoms with Crippen molar-refractivity contribution in [3.8, 4) is 5.69 Å². The van der Waals surface area contributed by atoms with E-state index in [0.717, 1.165) is 17.0 Å². The molecule has 0 saturated heterocycles. The highest BCUT2D eigenvalue weighted by Gasteiger charge is 2.13. The Morgan fingerprint density at radius 3 is 2.94 bits per heavy atom. The first-order chi connectivity index (χ1) is 8.70. The van der Waals surface area contributed by atoms with Crippen molar-refractivity contribution in [2.24, 2.45) is 0 Å². The number of rotatable bonds is 2. The van der Waals surface area contributed by atoms with Crippen molar-refractivity contribution in [1.29, 1.82) is 0 Å². The molecular weight excluding hydrogens is 271 g/mol. The van der Waals surface area contributed by atoms with Crippen molar-refractivity contribution >= 4 is 34.0 Å². The van der Waals surface area contributed by atoms with Crippen LogP contribution >= 0.6 is 22.9 Å². The summed E-state index contributed by atoms with van der Waals surface area (Å²) < 4.78 is 15.5. The van der Waals surface area contributed by atoms with Crippen molar-refractivity contribution < 1.29 is 4.39 Å². The second-order valence-electron chi connectivity index (χ2n) is 4.07. The van der Waals surface area contributed by atoms with Gasteiger partial charge in [0, 0.05) is 11.4 Å². The molecule has 2 nitrogen and oxygen atoms in total. The topological polar surface area (TPSA) is 17.8 Å². The lowest BCUT2D eigenvalue weighted by atomic mass is 10.2. The predicted octanol–water partition coefficient (Wildman–Crippen LogP) is 4.27. The quantitative estimate of drug-likeness (QED) is 0.641. The van der Waals surface area contributed by atoms with E-state index in [-0.39, 0.29) is 5.82 Å². The minimum Gasteiger partial charge on any atom is -0.294 e. The summed E-state index contributed by atoms with van der Waals surface area (Å²) in [6.45, 7) is 1.75. The van der Waals surface area contributed by atoms with Crippen LogP contribution in [0.25, 0.3) is 16.7 Å². The van der Waals surface area contributed by atoms with Gasteiger partial charge in [0.2, 0.25) is 0 Å². The zero-order valence-corrected chi connectivity index (χ0v) is 11.2. The summed E-state index contributed by atoms with van der Waals surface area (Å²) in [6, 6.07) is 5.27. The molecule has 0 unspecified atom stereocenters. The number of nitrogens with zero attached hydrogens (tertiary/aromatic N) is 2. The second kappa shape index (κ2) is 4.37. The Morgan fingerprint density at radius 2 is 2.28 bits per heavy atom. The van der Waals surface area contributed by atoms with Gasteiger partial charge in [-0.1, -0.05) is 0 Å². The molecule has 0 radical (unpaired) electrons. The molecule has 0 aliphatic rings. The molecule has 3 rings (SSSR count). The van der Waals surface area contributed by atoms with Gasteiger partial charge in [0.15, 0.2) is 0 Å². The third-order valence-corrected chi connectivity index (χ3v) is 3.80. The van der Waals surface area contributed by atoms with E-state index in [0.29, 0.717) is 17.0 Å². The molecule has 2 heterocycles. The van der Waals surface area contributed by atoms with Crippen LogP contribution in [0.1, 0.15) is 11.4 Å². The lowest BCUT2D eigenvalue weighted by Crippen LogP contribution is -1.97. The average Bonchev–Trinajstić information content (AvgIpc) is 2.96. The number of benzene rings is 1. The fraction of sp³-hybridized carbons (Fsp3) is 0.154. The molecule has 3 aromatic rings. The molecule has 0 atom stereocenters. The molecule has 0 aliphatic carbocycles. The lowest BCUT2D eigenvalue weighted by molar-refractivity contribution is 0.620. The summed E-state index contributed by atoms with van der Waals surface area (Å²) in [5, 5.41) is 4.02. The van der Waals surface area contributed by atoms with Gasteiger partial charge in [-0.2, -0.15) is 11.3 Å². The number of aromatic nitrogens is 2. The fourth-order valence-corrected chi connectivity index (χ4v) is 2.81. The third kappa shape index (κ3) is 1.72. The summed E-state index contributed by atoms with van der Waals surface area (Å²) in [4.78, 5) is 4.38. The van der Waals surface area contributed by atoms with Gasteiger partial charge in [-0.05, 0) is 30.0 Å². The van der Waals surface area contributed by atoms with E-state index < -0.39 is 0 Å². The van der Waals surface area contributed by atoms with E-state index in [1.54, 1.807) is 18.3 Å². The lowest BCUT2D eigenvalue weighted by Gasteiger charge is -2.05. The number of fused-ring (bicyclic) bond motifs is 1. The Labute approximate surface area is 113 Å². The van der Waals surface area contributed by atoms with Crippen LogP contribution in [0.15, 0.2) is 29.0 Å². The summed E-state index contributed by atoms with van der Waals surface area (Å²) in [5.41, 5.74) is 3.16. The van der Waals surface area contributed by atoms with Crippen molar-refractivity contribution in [3.63, 3.8) is 0 Å². The summed E-state index contributed by atoms with van der Waals surface area (Å²) in [5.74, 6) is 0.791. The molecule has 0 amide bonds. The summed E-state index contributed by atoms with van der Waals surface area (Å²) in [7, 11) is 0. The maximum absolute atomic E-state index is 13.6. The van der Waals surface area contributed by atoms with Crippen LogP contribution in [0, 0.1) is 12.7 Å². The first-order valence-electron chi connectivity index (χ1n) is 5.46. The van der Waals surface area contributed by atoms with E-state index >= 15 is 0 Å². The van der Waals surface area contributed by atoms with Gasteiger partial charge in [-0.25, -0.2) is 9.37 Å². The maximum atomic E-state index is 13.6. The molecule has 0 spiro atoms. The van der Waals surface area contributed by atoms with Crippen LogP contribution in [0.2, 0.25) is 0 Å². The van der Waals surface area contributed by atoms with Crippen molar-refractivity contribution in [3.05, 3.63) is 46.2 Å². The zero-order valence-electron chi connectivity index (χ0n) is 9.65. The van der Waals surface area contributed by atoms with Gasteiger partial charge in [0.1, 0.15) is 11.6 Å². The summed E-state index contributed by atoms with van der Waals surface area (Å²) in [6.07, 6.45) is 0. The normalized spacial score (nSPS) is 11.3. The van der Waals surface area contributed by atoms with Gasteiger partial charge in [-0.3, -0.25) is 4.57 Å². The number of imidazole rings is 1. The fourth-order valence-electron chi connectivity index (χ4n) is 2.01. The molecule has 92 valence electrons.